The second-order valence-corrected chi connectivity index (χ2v) is 6.29. The minimum atomic E-state index is 0.0351. The van der Waals surface area contributed by atoms with Crippen LogP contribution in [0.3, 0.4) is 0 Å². The third kappa shape index (κ3) is 7.27. The van der Waals surface area contributed by atoms with Gasteiger partial charge in [0.05, 0.1) is 31.7 Å². The molecule has 1 heterocycles. The molecule has 0 bridgehead atoms. The van der Waals surface area contributed by atoms with Crippen LogP contribution in [0.1, 0.15) is 44.9 Å². The second kappa shape index (κ2) is 11.0. The molecule has 0 atom stereocenters. The number of aliphatic hydroxyl groups is 1. The highest BCUT2D eigenvalue weighted by Crippen LogP contribution is 2.27. The Kier molecular flexibility index (Phi) is 8.55. The van der Waals surface area contributed by atoms with Gasteiger partial charge < -0.3 is 20.5 Å². The zero-order valence-corrected chi connectivity index (χ0v) is 14.3. The van der Waals surface area contributed by atoms with Crippen LogP contribution in [0.25, 0.3) is 0 Å². The smallest absolute Gasteiger partial charge is 0.224 e. The summed E-state index contributed by atoms with van der Waals surface area (Å²) in [6.07, 6.45) is 9.77. The van der Waals surface area contributed by atoms with Crippen LogP contribution in [-0.4, -0.2) is 42.4 Å². The van der Waals surface area contributed by atoms with Crippen LogP contribution in [0.2, 0.25) is 0 Å². The molecule has 1 amide bonds. The van der Waals surface area contributed by atoms with E-state index in [0.29, 0.717) is 26.2 Å². The van der Waals surface area contributed by atoms with Crippen LogP contribution in [0, 0.1) is 5.92 Å². The molecule has 1 aromatic rings. The lowest BCUT2D eigenvalue weighted by atomic mass is 9.86. The summed E-state index contributed by atoms with van der Waals surface area (Å²) in [4.78, 5) is 16.3. The Hall–Kier alpha value is -1.66. The van der Waals surface area contributed by atoms with Gasteiger partial charge in [-0.3, -0.25) is 4.79 Å². The molecule has 3 N–H and O–H groups in total. The SMILES string of the molecule is O=C(CCC1CCCCC1)Nc1ccc(NCCOCCO)nc1. The first kappa shape index (κ1) is 18.7. The number of carbonyl (C=O) groups excluding carboxylic acids is 1. The van der Waals surface area contributed by atoms with Gasteiger partial charge in [0.25, 0.3) is 0 Å². The number of aromatic nitrogens is 1. The maximum Gasteiger partial charge on any atom is 0.224 e. The molecule has 0 aliphatic heterocycles. The van der Waals surface area contributed by atoms with Gasteiger partial charge in [-0.1, -0.05) is 32.1 Å². The van der Waals surface area contributed by atoms with Gasteiger partial charge in [0.1, 0.15) is 5.82 Å². The molecule has 1 fully saturated rings. The maximum absolute atomic E-state index is 12.0. The number of nitrogens with zero attached hydrogens (tertiary/aromatic N) is 1. The molecule has 0 aromatic carbocycles. The van der Waals surface area contributed by atoms with Gasteiger partial charge in [-0.2, -0.15) is 0 Å². The van der Waals surface area contributed by atoms with Crippen LogP contribution in [-0.2, 0) is 9.53 Å². The van der Waals surface area contributed by atoms with Crippen molar-refractivity contribution in [3.05, 3.63) is 18.3 Å². The highest BCUT2D eigenvalue weighted by atomic mass is 16.5. The van der Waals surface area contributed by atoms with Crippen molar-refractivity contribution in [1.82, 2.24) is 4.98 Å². The van der Waals surface area contributed by atoms with Crippen molar-refractivity contribution in [3.63, 3.8) is 0 Å². The van der Waals surface area contributed by atoms with Crippen molar-refractivity contribution >= 4 is 17.4 Å². The lowest BCUT2D eigenvalue weighted by molar-refractivity contribution is -0.116. The topological polar surface area (TPSA) is 83.5 Å². The van der Waals surface area contributed by atoms with Crippen LogP contribution >= 0.6 is 0 Å². The monoisotopic (exact) mass is 335 g/mol. The largest absolute Gasteiger partial charge is 0.394 e. The summed E-state index contributed by atoms with van der Waals surface area (Å²) < 4.78 is 5.16. The first-order chi connectivity index (χ1) is 11.8. The molecule has 0 spiro atoms. The minimum Gasteiger partial charge on any atom is -0.394 e. The van der Waals surface area contributed by atoms with Gasteiger partial charge in [-0.15, -0.1) is 0 Å². The Morgan fingerprint density at radius 3 is 2.79 bits per heavy atom. The number of amides is 1. The number of hydrogen-bond acceptors (Lipinski definition) is 5. The molecule has 0 unspecified atom stereocenters. The van der Waals surface area contributed by atoms with Crippen molar-refractivity contribution in [2.45, 2.75) is 44.9 Å². The fourth-order valence-corrected chi connectivity index (χ4v) is 3.02. The first-order valence-corrected chi connectivity index (χ1v) is 8.96. The molecule has 0 saturated heterocycles. The molecule has 1 aliphatic rings. The van der Waals surface area contributed by atoms with Crippen molar-refractivity contribution in [1.29, 1.82) is 0 Å². The van der Waals surface area contributed by atoms with E-state index in [-0.39, 0.29) is 12.5 Å². The molecular formula is C18H29N3O3. The molecule has 1 aromatic heterocycles. The van der Waals surface area contributed by atoms with E-state index in [1.54, 1.807) is 6.20 Å². The van der Waals surface area contributed by atoms with E-state index >= 15 is 0 Å². The molecule has 0 radical (unpaired) electrons. The number of pyridine rings is 1. The van der Waals surface area contributed by atoms with Gasteiger partial charge in [0.2, 0.25) is 5.91 Å². The number of anilines is 2. The molecule has 2 rings (SSSR count). The van der Waals surface area contributed by atoms with Gasteiger partial charge >= 0.3 is 0 Å². The van der Waals surface area contributed by atoms with Crippen molar-refractivity contribution in [2.24, 2.45) is 5.92 Å². The summed E-state index contributed by atoms with van der Waals surface area (Å²) >= 11 is 0. The number of rotatable bonds is 10. The summed E-state index contributed by atoms with van der Waals surface area (Å²) in [6, 6.07) is 3.69. The standard InChI is InChI=1S/C18H29N3O3/c22-11-13-24-12-10-19-17-8-7-16(14-20-17)21-18(23)9-6-15-4-2-1-3-5-15/h7-8,14-15,22H,1-6,9-13H2,(H,19,20)(H,21,23). The van der Waals surface area contributed by atoms with Crippen LogP contribution in [0.15, 0.2) is 18.3 Å². The van der Waals surface area contributed by atoms with E-state index in [1.165, 1.54) is 32.1 Å². The molecule has 1 aliphatic carbocycles. The van der Waals surface area contributed by atoms with Crippen molar-refractivity contribution in [2.75, 3.05) is 37.0 Å². The maximum atomic E-state index is 12.0. The van der Waals surface area contributed by atoms with Crippen molar-refractivity contribution < 1.29 is 14.6 Å². The highest BCUT2D eigenvalue weighted by Gasteiger charge is 2.14. The Morgan fingerprint density at radius 1 is 1.25 bits per heavy atom. The van der Waals surface area contributed by atoms with E-state index in [4.69, 9.17) is 9.84 Å². The van der Waals surface area contributed by atoms with E-state index in [1.807, 2.05) is 12.1 Å². The van der Waals surface area contributed by atoms with Gasteiger partial charge in [-0.05, 0) is 24.5 Å². The number of ether oxygens (including phenoxy) is 1. The van der Waals surface area contributed by atoms with Gasteiger partial charge in [-0.25, -0.2) is 4.98 Å². The van der Waals surface area contributed by atoms with E-state index in [0.717, 1.165) is 23.8 Å². The molecule has 6 nitrogen and oxygen atoms in total. The Morgan fingerprint density at radius 2 is 2.08 bits per heavy atom. The zero-order valence-electron chi connectivity index (χ0n) is 14.3. The predicted molar refractivity (Wildman–Crippen MR) is 95.1 cm³/mol. The number of hydrogen-bond donors (Lipinski definition) is 3. The minimum absolute atomic E-state index is 0.0351. The lowest BCUT2D eigenvalue weighted by Gasteiger charge is -2.20. The summed E-state index contributed by atoms with van der Waals surface area (Å²) in [5, 5.41) is 14.6. The summed E-state index contributed by atoms with van der Waals surface area (Å²) in [7, 11) is 0. The lowest BCUT2D eigenvalue weighted by Crippen LogP contribution is -2.15. The molecular weight excluding hydrogens is 306 g/mol. The molecule has 1 saturated carbocycles. The van der Waals surface area contributed by atoms with Gasteiger partial charge in [0.15, 0.2) is 0 Å². The number of aliphatic hydroxyl groups excluding tert-OH is 1. The van der Waals surface area contributed by atoms with E-state index < -0.39 is 0 Å². The fourth-order valence-electron chi connectivity index (χ4n) is 3.02. The summed E-state index contributed by atoms with van der Waals surface area (Å²) in [5.74, 6) is 1.53. The summed E-state index contributed by atoms with van der Waals surface area (Å²) in [6.45, 7) is 1.52. The fraction of sp³-hybridized carbons (Fsp3) is 0.667. The number of carbonyl (C=O) groups is 1. The Balaban J connectivity index is 1.64. The highest BCUT2D eigenvalue weighted by molar-refractivity contribution is 5.90. The van der Waals surface area contributed by atoms with E-state index in [9.17, 15) is 4.79 Å². The van der Waals surface area contributed by atoms with Crippen LogP contribution < -0.4 is 10.6 Å². The molecule has 6 heteroatoms. The zero-order chi connectivity index (χ0) is 17.0. The normalized spacial score (nSPS) is 15.2. The molecule has 24 heavy (non-hydrogen) atoms. The summed E-state index contributed by atoms with van der Waals surface area (Å²) in [5.41, 5.74) is 0.728. The van der Waals surface area contributed by atoms with Crippen LogP contribution in [0.4, 0.5) is 11.5 Å². The Bertz CT molecular complexity index is 473. The third-order valence-electron chi connectivity index (χ3n) is 4.34. The van der Waals surface area contributed by atoms with Crippen LogP contribution in [0.5, 0.6) is 0 Å². The average molecular weight is 335 g/mol. The first-order valence-electron chi connectivity index (χ1n) is 8.96. The van der Waals surface area contributed by atoms with Crippen molar-refractivity contribution in [3.8, 4) is 0 Å². The Labute approximate surface area is 144 Å². The third-order valence-corrected chi connectivity index (χ3v) is 4.34. The quantitative estimate of drug-likeness (QED) is 0.573. The predicted octanol–water partition coefficient (Wildman–Crippen LogP) is 2.80. The average Bonchev–Trinajstić information content (AvgIpc) is 2.62. The second-order valence-electron chi connectivity index (χ2n) is 6.29. The van der Waals surface area contributed by atoms with Gasteiger partial charge in [0, 0.05) is 13.0 Å². The van der Waals surface area contributed by atoms with E-state index in [2.05, 4.69) is 15.6 Å². The molecule has 134 valence electrons. The number of nitrogens with one attached hydrogen (secondary N) is 2.